The topological polar surface area (TPSA) is 56.7 Å². The smallest absolute Gasteiger partial charge is 0.151 e. The average molecular weight is 244 g/mol. The molecule has 0 saturated heterocycles. The molecule has 96 valence electrons. The molecule has 0 aliphatic heterocycles. The minimum absolute atomic E-state index is 0.410. The maximum Gasteiger partial charge on any atom is 0.151 e. The number of anilines is 1. The summed E-state index contributed by atoms with van der Waals surface area (Å²) in [5.41, 5.74) is 7.73. The van der Waals surface area contributed by atoms with Gasteiger partial charge in [-0.2, -0.15) is 5.10 Å². The predicted molar refractivity (Wildman–Crippen MR) is 73.4 cm³/mol. The summed E-state index contributed by atoms with van der Waals surface area (Å²) in [5.74, 6) is 2.37. The van der Waals surface area contributed by atoms with Crippen molar-refractivity contribution >= 4 is 5.69 Å². The van der Waals surface area contributed by atoms with Crippen molar-refractivity contribution in [2.24, 2.45) is 7.05 Å². The Morgan fingerprint density at radius 2 is 1.83 bits per heavy atom. The highest BCUT2D eigenvalue weighted by atomic mass is 15.3. The van der Waals surface area contributed by atoms with Crippen molar-refractivity contribution in [2.75, 3.05) is 5.73 Å². The van der Waals surface area contributed by atoms with Gasteiger partial charge in [-0.15, -0.1) is 0 Å². The summed E-state index contributed by atoms with van der Waals surface area (Å²) in [4.78, 5) is 4.57. The molecule has 0 spiro atoms. The first kappa shape index (κ1) is 12.6. The van der Waals surface area contributed by atoms with E-state index in [0.717, 1.165) is 30.2 Å². The zero-order valence-corrected chi connectivity index (χ0v) is 11.2. The molecule has 1 aromatic heterocycles. The number of nitrogen functional groups attached to an aromatic ring is 1. The zero-order chi connectivity index (χ0) is 13.1. The van der Waals surface area contributed by atoms with Crippen molar-refractivity contribution in [3.63, 3.8) is 0 Å². The molecule has 2 N–H and O–H groups in total. The molecule has 2 aromatic rings. The van der Waals surface area contributed by atoms with E-state index in [4.69, 9.17) is 5.73 Å². The molecule has 1 aromatic carbocycles. The average Bonchev–Trinajstić information content (AvgIpc) is 2.70. The Labute approximate surface area is 108 Å². The highest BCUT2D eigenvalue weighted by Crippen LogP contribution is 2.12. The van der Waals surface area contributed by atoms with E-state index < -0.39 is 0 Å². The Hall–Kier alpha value is -1.84. The van der Waals surface area contributed by atoms with Crippen LogP contribution in [0.25, 0.3) is 0 Å². The first-order valence-electron chi connectivity index (χ1n) is 6.30. The van der Waals surface area contributed by atoms with Gasteiger partial charge in [0.25, 0.3) is 0 Å². The number of nitrogens with two attached hydrogens (primary N) is 1. The summed E-state index contributed by atoms with van der Waals surface area (Å²) >= 11 is 0. The Bertz CT molecular complexity index is 511. The van der Waals surface area contributed by atoms with Crippen LogP contribution < -0.4 is 5.73 Å². The van der Waals surface area contributed by atoms with Crippen LogP contribution in [0.2, 0.25) is 0 Å². The molecule has 0 atom stereocenters. The number of hydrogen-bond acceptors (Lipinski definition) is 3. The second-order valence-corrected chi connectivity index (χ2v) is 4.91. The van der Waals surface area contributed by atoms with Crippen molar-refractivity contribution in [2.45, 2.75) is 32.6 Å². The Morgan fingerprint density at radius 3 is 2.39 bits per heavy atom. The number of rotatable bonds is 4. The van der Waals surface area contributed by atoms with Gasteiger partial charge in [-0.25, -0.2) is 4.98 Å². The van der Waals surface area contributed by atoms with Gasteiger partial charge in [0.05, 0.1) is 0 Å². The van der Waals surface area contributed by atoms with Crippen LogP contribution >= 0.6 is 0 Å². The lowest BCUT2D eigenvalue weighted by Gasteiger charge is -2.00. The van der Waals surface area contributed by atoms with Gasteiger partial charge in [0.2, 0.25) is 0 Å². The fourth-order valence-electron chi connectivity index (χ4n) is 2.00. The molecule has 0 amide bonds. The van der Waals surface area contributed by atoms with Gasteiger partial charge in [0, 0.05) is 25.1 Å². The molecule has 0 radical (unpaired) electrons. The van der Waals surface area contributed by atoms with Gasteiger partial charge < -0.3 is 5.73 Å². The van der Waals surface area contributed by atoms with Crippen molar-refractivity contribution in [3.05, 3.63) is 41.5 Å². The second-order valence-electron chi connectivity index (χ2n) is 4.91. The van der Waals surface area contributed by atoms with Crippen molar-refractivity contribution in [3.8, 4) is 0 Å². The highest BCUT2D eigenvalue weighted by Gasteiger charge is 2.10. The lowest BCUT2D eigenvalue weighted by Crippen LogP contribution is -2.00. The molecular weight excluding hydrogens is 224 g/mol. The third-order valence-electron chi connectivity index (χ3n) is 2.97. The number of nitrogens with zero attached hydrogens (tertiary/aromatic N) is 3. The summed E-state index contributed by atoms with van der Waals surface area (Å²) < 4.78 is 1.88. The summed E-state index contributed by atoms with van der Waals surface area (Å²) in [6.07, 6.45) is 1.81. The highest BCUT2D eigenvalue weighted by molar-refractivity contribution is 5.39. The summed E-state index contributed by atoms with van der Waals surface area (Å²) in [5, 5.41) is 4.45. The molecule has 0 saturated carbocycles. The maximum absolute atomic E-state index is 5.66. The van der Waals surface area contributed by atoms with Gasteiger partial charge in [-0.1, -0.05) is 26.0 Å². The minimum Gasteiger partial charge on any atom is -0.399 e. The maximum atomic E-state index is 5.66. The third-order valence-corrected chi connectivity index (χ3v) is 2.97. The van der Waals surface area contributed by atoms with E-state index in [1.807, 2.05) is 23.9 Å². The fraction of sp³-hybridized carbons (Fsp3) is 0.429. The van der Waals surface area contributed by atoms with Crippen LogP contribution in [0.1, 0.15) is 37.0 Å². The molecule has 1 heterocycles. The van der Waals surface area contributed by atoms with Gasteiger partial charge in [0.15, 0.2) is 5.82 Å². The zero-order valence-electron chi connectivity index (χ0n) is 11.2. The van der Waals surface area contributed by atoms with Crippen LogP contribution in [0.4, 0.5) is 5.69 Å². The second kappa shape index (κ2) is 5.21. The number of benzene rings is 1. The van der Waals surface area contributed by atoms with E-state index >= 15 is 0 Å². The fourth-order valence-corrected chi connectivity index (χ4v) is 2.00. The first-order chi connectivity index (χ1) is 8.56. The van der Waals surface area contributed by atoms with Crippen LogP contribution in [0.5, 0.6) is 0 Å². The van der Waals surface area contributed by atoms with Crippen LogP contribution in [0.15, 0.2) is 24.3 Å². The molecule has 0 aliphatic carbocycles. The van der Waals surface area contributed by atoms with Crippen LogP contribution in [-0.4, -0.2) is 14.8 Å². The van der Waals surface area contributed by atoms with E-state index in [-0.39, 0.29) is 0 Å². The number of aromatic nitrogens is 3. The van der Waals surface area contributed by atoms with E-state index in [1.54, 1.807) is 0 Å². The minimum atomic E-state index is 0.410. The Balaban J connectivity index is 2.02. The van der Waals surface area contributed by atoms with Crippen molar-refractivity contribution in [1.82, 2.24) is 14.8 Å². The van der Waals surface area contributed by atoms with E-state index in [9.17, 15) is 0 Å². The lowest BCUT2D eigenvalue weighted by atomic mass is 10.1. The Morgan fingerprint density at radius 1 is 1.17 bits per heavy atom. The van der Waals surface area contributed by atoms with Gasteiger partial charge in [-0.3, -0.25) is 4.68 Å². The monoisotopic (exact) mass is 244 g/mol. The Kier molecular flexibility index (Phi) is 3.65. The van der Waals surface area contributed by atoms with Crippen molar-refractivity contribution < 1.29 is 0 Å². The largest absolute Gasteiger partial charge is 0.399 e. The molecule has 0 bridgehead atoms. The number of aryl methyl sites for hydroxylation is 3. The normalized spacial score (nSPS) is 11.1. The van der Waals surface area contributed by atoms with Crippen LogP contribution in [0, 0.1) is 0 Å². The quantitative estimate of drug-likeness (QED) is 0.840. The molecule has 0 aliphatic rings. The lowest BCUT2D eigenvalue weighted by molar-refractivity contribution is 0.651. The third kappa shape index (κ3) is 2.88. The van der Waals surface area contributed by atoms with Crippen molar-refractivity contribution in [1.29, 1.82) is 0 Å². The number of hydrogen-bond donors (Lipinski definition) is 1. The summed E-state index contributed by atoms with van der Waals surface area (Å²) in [7, 11) is 1.95. The molecular formula is C14H20N4. The van der Waals surface area contributed by atoms with Crippen LogP contribution in [-0.2, 0) is 19.9 Å². The molecule has 2 rings (SSSR count). The molecule has 4 heteroatoms. The van der Waals surface area contributed by atoms with Gasteiger partial charge in [-0.05, 0) is 24.1 Å². The molecule has 18 heavy (non-hydrogen) atoms. The van der Waals surface area contributed by atoms with E-state index in [2.05, 4.69) is 36.1 Å². The SMILES string of the molecule is CC(C)c1nc(CCc2ccc(N)cc2)nn1C. The van der Waals surface area contributed by atoms with E-state index in [0.29, 0.717) is 5.92 Å². The van der Waals surface area contributed by atoms with Gasteiger partial charge in [0.1, 0.15) is 5.82 Å². The predicted octanol–water partition coefficient (Wildman–Crippen LogP) is 2.31. The standard InChI is InChI=1S/C14H20N4/c1-10(2)14-16-13(17-18(14)3)9-6-11-4-7-12(15)8-5-11/h4-5,7-8,10H,6,9,15H2,1-3H3. The molecule has 0 fully saturated rings. The molecule has 4 nitrogen and oxygen atoms in total. The summed E-state index contributed by atoms with van der Waals surface area (Å²) in [6, 6.07) is 7.98. The van der Waals surface area contributed by atoms with Crippen LogP contribution in [0.3, 0.4) is 0 Å². The summed E-state index contributed by atoms with van der Waals surface area (Å²) in [6.45, 7) is 4.27. The molecule has 0 unspecified atom stereocenters. The van der Waals surface area contributed by atoms with Gasteiger partial charge >= 0.3 is 0 Å². The first-order valence-corrected chi connectivity index (χ1v) is 6.30. The van der Waals surface area contributed by atoms with E-state index in [1.165, 1.54) is 5.56 Å².